The van der Waals surface area contributed by atoms with E-state index in [-0.39, 0.29) is 17.6 Å². The average Bonchev–Trinajstić information content (AvgIpc) is 2.97. The van der Waals surface area contributed by atoms with Gasteiger partial charge in [0.2, 0.25) is 0 Å². The fourth-order valence-corrected chi connectivity index (χ4v) is 4.74. The highest BCUT2D eigenvalue weighted by molar-refractivity contribution is 7.18. The van der Waals surface area contributed by atoms with Crippen LogP contribution in [0.2, 0.25) is 0 Å². The topological polar surface area (TPSA) is 76.4 Å². The molecule has 2 aromatic rings. The molecule has 0 radical (unpaired) electrons. The minimum absolute atomic E-state index is 0.0358. The first-order chi connectivity index (χ1) is 11.2. The van der Waals surface area contributed by atoms with Crippen LogP contribution in [0.3, 0.4) is 0 Å². The van der Waals surface area contributed by atoms with Crippen molar-refractivity contribution in [1.29, 1.82) is 0 Å². The lowest BCUT2D eigenvalue weighted by Gasteiger charge is -2.35. The van der Waals surface area contributed by atoms with Gasteiger partial charge in [-0.3, -0.25) is 9.36 Å². The monoisotopic (exact) mass is 335 g/mol. The maximum atomic E-state index is 13.0. The third kappa shape index (κ3) is 2.61. The summed E-state index contributed by atoms with van der Waals surface area (Å²) < 4.78 is 7.10. The van der Waals surface area contributed by atoms with Crippen molar-refractivity contribution < 1.29 is 9.84 Å². The minimum Gasteiger partial charge on any atom is -0.396 e. The SMILES string of the molecule is O=c1c2c3c(sc2ncn1CC1(CO)CCOCC1)CNCC3. The molecular formula is C16H21N3O3S. The quantitative estimate of drug-likeness (QED) is 0.871. The molecule has 0 unspecified atom stereocenters. The molecule has 1 saturated heterocycles. The Kier molecular flexibility index (Phi) is 3.96. The highest BCUT2D eigenvalue weighted by Gasteiger charge is 2.33. The van der Waals surface area contributed by atoms with Gasteiger partial charge in [0.15, 0.2) is 0 Å². The van der Waals surface area contributed by atoms with Crippen molar-refractivity contribution in [2.75, 3.05) is 26.4 Å². The van der Waals surface area contributed by atoms with Crippen molar-refractivity contribution in [3.8, 4) is 0 Å². The molecule has 4 heterocycles. The number of rotatable bonds is 3. The predicted molar refractivity (Wildman–Crippen MR) is 88.9 cm³/mol. The number of nitrogens with zero attached hydrogens (tertiary/aromatic N) is 2. The molecule has 2 aromatic heterocycles. The molecule has 0 saturated carbocycles. The lowest BCUT2D eigenvalue weighted by molar-refractivity contribution is -0.0258. The summed E-state index contributed by atoms with van der Waals surface area (Å²) in [5.41, 5.74) is 0.934. The molecule has 1 fully saturated rings. The Bertz CT molecular complexity index is 777. The summed E-state index contributed by atoms with van der Waals surface area (Å²) in [7, 11) is 0. The molecule has 0 atom stereocenters. The Morgan fingerprint density at radius 2 is 2.26 bits per heavy atom. The van der Waals surface area contributed by atoms with E-state index in [4.69, 9.17) is 4.74 Å². The zero-order chi connectivity index (χ0) is 15.9. The zero-order valence-corrected chi connectivity index (χ0v) is 13.8. The number of nitrogens with one attached hydrogen (secondary N) is 1. The van der Waals surface area contributed by atoms with Gasteiger partial charge in [-0.25, -0.2) is 4.98 Å². The zero-order valence-electron chi connectivity index (χ0n) is 13.0. The normalized spacial score (nSPS) is 20.6. The van der Waals surface area contributed by atoms with Crippen LogP contribution in [-0.4, -0.2) is 41.0 Å². The van der Waals surface area contributed by atoms with Crippen LogP contribution in [0.5, 0.6) is 0 Å². The lowest BCUT2D eigenvalue weighted by Crippen LogP contribution is -2.40. The van der Waals surface area contributed by atoms with Crippen molar-refractivity contribution in [1.82, 2.24) is 14.9 Å². The van der Waals surface area contributed by atoms with Crippen LogP contribution < -0.4 is 10.9 Å². The number of fused-ring (bicyclic) bond motifs is 3. The van der Waals surface area contributed by atoms with E-state index >= 15 is 0 Å². The Labute approximate surface area is 138 Å². The van der Waals surface area contributed by atoms with Gasteiger partial charge in [-0.15, -0.1) is 11.3 Å². The van der Waals surface area contributed by atoms with Crippen LogP contribution in [0.1, 0.15) is 23.3 Å². The molecule has 7 heteroatoms. The second kappa shape index (κ2) is 5.98. The maximum absolute atomic E-state index is 13.0. The first-order valence-electron chi connectivity index (χ1n) is 8.11. The standard InChI is InChI=1S/C16H21N3O3S/c20-9-16(2-5-22-6-3-16)8-19-10-18-14-13(15(19)21)11-1-4-17-7-12(11)23-14/h10,17,20H,1-9H2. The molecule has 2 aliphatic heterocycles. The van der Waals surface area contributed by atoms with Gasteiger partial charge >= 0.3 is 0 Å². The van der Waals surface area contributed by atoms with E-state index in [1.54, 1.807) is 22.2 Å². The third-order valence-electron chi connectivity index (χ3n) is 5.09. The largest absolute Gasteiger partial charge is 0.396 e. The maximum Gasteiger partial charge on any atom is 0.262 e. The van der Waals surface area contributed by atoms with Crippen LogP contribution in [0, 0.1) is 5.41 Å². The van der Waals surface area contributed by atoms with E-state index < -0.39 is 0 Å². The number of aliphatic hydroxyl groups is 1. The predicted octanol–water partition coefficient (Wildman–Crippen LogP) is 0.893. The molecular weight excluding hydrogens is 314 g/mol. The third-order valence-corrected chi connectivity index (χ3v) is 6.23. The summed E-state index contributed by atoms with van der Waals surface area (Å²) in [6, 6.07) is 0. The number of aromatic nitrogens is 2. The fraction of sp³-hybridized carbons (Fsp3) is 0.625. The van der Waals surface area contributed by atoms with Crippen LogP contribution >= 0.6 is 11.3 Å². The van der Waals surface area contributed by atoms with Crippen molar-refractivity contribution in [2.45, 2.75) is 32.4 Å². The average molecular weight is 335 g/mol. The molecule has 0 amide bonds. The summed E-state index contributed by atoms with van der Waals surface area (Å²) in [5, 5.41) is 14.0. The summed E-state index contributed by atoms with van der Waals surface area (Å²) in [6.07, 6.45) is 4.08. The van der Waals surface area contributed by atoms with Gasteiger partial charge in [-0.2, -0.15) is 0 Å². The summed E-state index contributed by atoms with van der Waals surface area (Å²) in [4.78, 5) is 19.6. The molecule has 0 spiro atoms. The molecule has 0 bridgehead atoms. The van der Waals surface area contributed by atoms with Gasteiger partial charge in [0.1, 0.15) is 4.83 Å². The lowest BCUT2D eigenvalue weighted by atomic mass is 9.81. The summed E-state index contributed by atoms with van der Waals surface area (Å²) in [6.45, 7) is 3.61. The number of ether oxygens (including phenoxy) is 1. The molecule has 4 rings (SSSR count). The number of thiophene rings is 1. The van der Waals surface area contributed by atoms with Gasteiger partial charge in [-0.1, -0.05) is 0 Å². The number of hydrogen-bond donors (Lipinski definition) is 2. The van der Waals surface area contributed by atoms with E-state index in [1.807, 2.05) is 0 Å². The van der Waals surface area contributed by atoms with Crippen molar-refractivity contribution in [2.24, 2.45) is 5.41 Å². The highest BCUT2D eigenvalue weighted by Crippen LogP contribution is 2.33. The van der Waals surface area contributed by atoms with Gasteiger partial charge in [0.05, 0.1) is 18.3 Å². The molecule has 0 aromatic carbocycles. The Hall–Kier alpha value is -1.28. The van der Waals surface area contributed by atoms with Crippen molar-refractivity contribution in [3.05, 3.63) is 27.1 Å². The number of hydrogen-bond acceptors (Lipinski definition) is 6. The molecule has 23 heavy (non-hydrogen) atoms. The van der Waals surface area contributed by atoms with Crippen molar-refractivity contribution >= 4 is 21.6 Å². The van der Waals surface area contributed by atoms with E-state index in [2.05, 4.69) is 10.3 Å². The Morgan fingerprint density at radius 3 is 3.04 bits per heavy atom. The van der Waals surface area contributed by atoms with Gasteiger partial charge in [-0.05, 0) is 31.4 Å². The first-order valence-corrected chi connectivity index (χ1v) is 8.93. The molecule has 6 nitrogen and oxygen atoms in total. The van der Waals surface area contributed by atoms with Crippen LogP contribution in [0.4, 0.5) is 0 Å². The van der Waals surface area contributed by atoms with E-state index in [0.717, 1.165) is 42.6 Å². The second-order valence-electron chi connectivity index (χ2n) is 6.56. The second-order valence-corrected chi connectivity index (χ2v) is 7.64. The molecule has 2 N–H and O–H groups in total. The number of aliphatic hydroxyl groups excluding tert-OH is 1. The van der Waals surface area contributed by atoms with E-state index in [1.165, 1.54) is 10.4 Å². The first kappa shape index (κ1) is 15.3. The van der Waals surface area contributed by atoms with Crippen LogP contribution in [-0.2, 0) is 24.2 Å². The minimum atomic E-state index is -0.269. The smallest absolute Gasteiger partial charge is 0.262 e. The highest BCUT2D eigenvalue weighted by atomic mass is 32.1. The van der Waals surface area contributed by atoms with Gasteiger partial charge in [0.25, 0.3) is 5.56 Å². The molecule has 2 aliphatic rings. The van der Waals surface area contributed by atoms with Gasteiger partial charge < -0.3 is 15.2 Å². The Balaban J connectivity index is 1.76. The summed E-state index contributed by atoms with van der Waals surface area (Å²) in [5.74, 6) is 0. The summed E-state index contributed by atoms with van der Waals surface area (Å²) >= 11 is 1.62. The van der Waals surface area contributed by atoms with E-state index in [0.29, 0.717) is 19.8 Å². The van der Waals surface area contributed by atoms with Crippen molar-refractivity contribution in [3.63, 3.8) is 0 Å². The fourth-order valence-electron chi connectivity index (χ4n) is 3.59. The molecule has 124 valence electrons. The van der Waals surface area contributed by atoms with Gasteiger partial charge in [0, 0.05) is 36.6 Å². The van der Waals surface area contributed by atoms with E-state index in [9.17, 15) is 9.90 Å². The Morgan fingerprint density at radius 1 is 1.43 bits per heavy atom. The van der Waals surface area contributed by atoms with Crippen LogP contribution in [0.15, 0.2) is 11.1 Å². The molecule has 0 aliphatic carbocycles. The van der Waals surface area contributed by atoms with Crippen LogP contribution in [0.25, 0.3) is 10.2 Å².